The molecule has 0 saturated carbocycles. The molecule has 0 fully saturated rings. The average molecular weight is 422 g/mol. The zero-order valence-electron chi connectivity index (χ0n) is 16.9. The first-order valence-electron chi connectivity index (χ1n) is 9.56. The number of hydrogen-bond acceptors (Lipinski definition) is 7. The first-order chi connectivity index (χ1) is 14.6. The molecule has 0 unspecified atom stereocenters. The Labute approximate surface area is 179 Å². The summed E-state index contributed by atoms with van der Waals surface area (Å²) in [5, 5.41) is 16.5. The third-order valence-corrected chi connectivity index (χ3v) is 5.34. The molecule has 0 radical (unpaired) electrons. The maximum atomic E-state index is 10.9. The van der Waals surface area contributed by atoms with Gasteiger partial charge in [-0.25, -0.2) is 9.97 Å². The van der Waals surface area contributed by atoms with E-state index in [1.165, 1.54) is 6.92 Å². The van der Waals surface area contributed by atoms with Crippen molar-refractivity contribution < 1.29 is 9.53 Å². The van der Waals surface area contributed by atoms with Crippen LogP contribution in [0.25, 0.3) is 11.1 Å². The molecule has 0 aliphatic heterocycles. The average Bonchev–Trinajstić information content (AvgIpc) is 3.11. The van der Waals surface area contributed by atoms with Gasteiger partial charge in [0.15, 0.2) is 0 Å². The number of thiazole rings is 1. The van der Waals surface area contributed by atoms with E-state index in [1.807, 2.05) is 43.3 Å². The number of ether oxygens (including phenoxy) is 1. The van der Waals surface area contributed by atoms with Gasteiger partial charge in [-0.15, -0.1) is 11.3 Å². The summed E-state index contributed by atoms with van der Waals surface area (Å²) in [5.41, 5.74) is 3.10. The molecule has 2 aromatic heterocycles. The molecule has 154 valence electrons. The Morgan fingerprint density at radius 2 is 2.03 bits per heavy atom. The lowest BCUT2D eigenvalue weighted by Crippen LogP contribution is -2.30. The van der Waals surface area contributed by atoms with E-state index in [2.05, 4.69) is 26.7 Å². The molecule has 0 aliphatic carbocycles. The molecule has 1 amide bonds. The van der Waals surface area contributed by atoms with Gasteiger partial charge in [-0.05, 0) is 18.6 Å². The van der Waals surface area contributed by atoms with Crippen LogP contribution in [0.2, 0.25) is 0 Å². The number of carbonyl (C=O) groups is 1. The fourth-order valence-corrected chi connectivity index (χ4v) is 3.76. The van der Waals surface area contributed by atoms with Crippen molar-refractivity contribution in [2.24, 2.45) is 0 Å². The highest BCUT2D eigenvalue weighted by atomic mass is 32.1. The summed E-state index contributed by atoms with van der Waals surface area (Å²) >= 11 is 1.56. The van der Waals surface area contributed by atoms with Crippen molar-refractivity contribution in [2.75, 3.05) is 13.1 Å². The Morgan fingerprint density at radius 1 is 1.23 bits per heavy atom. The molecular weight excluding hydrogens is 398 g/mol. The Kier molecular flexibility index (Phi) is 7.49. The van der Waals surface area contributed by atoms with E-state index >= 15 is 0 Å². The largest absolute Gasteiger partial charge is 0.469 e. The third kappa shape index (κ3) is 5.63. The normalized spacial score (nSPS) is 10.4. The van der Waals surface area contributed by atoms with Crippen molar-refractivity contribution in [3.8, 4) is 23.1 Å². The maximum absolute atomic E-state index is 10.9. The number of nitrogens with zero attached hydrogens (tertiary/aromatic N) is 3. The molecule has 8 heteroatoms. The van der Waals surface area contributed by atoms with Crippen LogP contribution < -0.4 is 15.4 Å². The molecule has 2 N–H and O–H groups in total. The van der Waals surface area contributed by atoms with E-state index in [-0.39, 0.29) is 12.5 Å². The number of nitrogens with one attached hydrogen (secondary N) is 2. The molecule has 30 heavy (non-hydrogen) atoms. The fourth-order valence-electron chi connectivity index (χ4n) is 2.90. The van der Waals surface area contributed by atoms with Crippen molar-refractivity contribution in [1.82, 2.24) is 20.6 Å². The molecule has 1 aromatic carbocycles. The van der Waals surface area contributed by atoms with E-state index in [9.17, 15) is 10.1 Å². The van der Waals surface area contributed by atoms with Gasteiger partial charge in [0.1, 0.15) is 23.2 Å². The molecule has 0 spiro atoms. The van der Waals surface area contributed by atoms with Crippen LogP contribution in [0.4, 0.5) is 0 Å². The summed E-state index contributed by atoms with van der Waals surface area (Å²) in [6.07, 6.45) is 1.65. The number of aromatic nitrogens is 2. The summed E-state index contributed by atoms with van der Waals surface area (Å²) in [4.78, 5) is 20.9. The molecule has 2 heterocycles. The zero-order valence-corrected chi connectivity index (χ0v) is 17.8. The topological polar surface area (TPSA) is 99.9 Å². The molecule has 0 saturated heterocycles. The van der Waals surface area contributed by atoms with Crippen LogP contribution in [0.5, 0.6) is 5.88 Å². The van der Waals surface area contributed by atoms with E-state index in [0.717, 1.165) is 26.7 Å². The Morgan fingerprint density at radius 3 is 2.77 bits per heavy atom. The van der Waals surface area contributed by atoms with Crippen LogP contribution in [0, 0.1) is 18.3 Å². The number of pyridine rings is 1. The van der Waals surface area contributed by atoms with Gasteiger partial charge in [0, 0.05) is 43.2 Å². The van der Waals surface area contributed by atoms with Gasteiger partial charge in [-0.2, -0.15) is 5.26 Å². The summed E-state index contributed by atoms with van der Waals surface area (Å²) < 4.78 is 5.86. The maximum Gasteiger partial charge on any atom is 0.232 e. The summed E-state index contributed by atoms with van der Waals surface area (Å²) in [6, 6.07) is 13.7. The smallest absolute Gasteiger partial charge is 0.232 e. The minimum absolute atomic E-state index is 0.0391. The van der Waals surface area contributed by atoms with Crippen LogP contribution >= 0.6 is 11.3 Å². The third-order valence-electron chi connectivity index (χ3n) is 4.35. The Hall–Kier alpha value is -3.28. The van der Waals surface area contributed by atoms with Crippen LogP contribution in [0.3, 0.4) is 0 Å². The molecule has 0 bridgehead atoms. The van der Waals surface area contributed by atoms with Gasteiger partial charge in [0.2, 0.25) is 11.8 Å². The molecule has 3 rings (SSSR count). The predicted octanol–water partition coefficient (Wildman–Crippen LogP) is 3.19. The summed E-state index contributed by atoms with van der Waals surface area (Å²) in [7, 11) is 0. The lowest BCUT2D eigenvalue weighted by atomic mass is 10.0. The van der Waals surface area contributed by atoms with Gasteiger partial charge in [-0.1, -0.05) is 30.3 Å². The first-order valence-corrected chi connectivity index (χ1v) is 10.4. The standard InChI is InChI=1S/C22H23N5O2S/c1-15-20(13-24-10-11-25-16(2)28)27-21(30-15)14-29-22-19(12-23)18(8-9-26-22)17-6-4-3-5-7-17/h3-9,24H,10-11,13-14H2,1-2H3,(H,25,28). The van der Waals surface area contributed by atoms with Crippen LogP contribution in [-0.2, 0) is 17.9 Å². The quantitative estimate of drug-likeness (QED) is 0.515. The molecule has 0 aliphatic rings. The van der Waals surface area contributed by atoms with Gasteiger partial charge < -0.3 is 15.4 Å². The number of nitriles is 1. The lowest BCUT2D eigenvalue weighted by molar-refractivity contribution is -0.118. The minimum atomic E-state index is -0.0391. The van der Waals surface area contributed by atoms with Gasteiger partial charge in [-0.3, -0.25) is 4.79 Å². The minimum Gasteiger partial charge on any atom is -0.469 e. The number of aryl methyl sites for hydroxylation is 1. The van der Waals surface area contributed by atoms with Crippen molar-refractivity contribution in [3.05, 3.63) is 63.7 Å². The monoisotopic (exact) mass is 421 g/mol. The Bertz CT molecular complexity index is 1040. The first kappa shape index (κ1) is 21.4. The molecule has 3 aromatic rings. The molecular formula is C22H23N5O2S. The highest BCUT2D eigenvalue weighted by molar-refractivity contribution is 7.11. The second-order valence-corrected chi connectivity index (χ2v) is 7.86. The van der Waals surface area contributed by atoms with Gasteiger partial charge in [0.05, 0.1) is 5.69 Å². The summed E-state index contributed by atoms with van der Waals surface area (Å²) in [5.74, 6) is 0.268. The lowest BCUT2D eigenvalue weighted by Gasteiger charge is -2.09. The van der Waals surface area contributed by atoms with Crippen LogP contribution in [-0.4, -0.2) is 29.0 Å². The summed E-state index contributed by atoms with van der Waals surface area (Å²) in [6.45, 7) is 5.63. The zero-order chi connectivity index (χ0) is 21.3. The number of hydrogen-bond donors (Lipinski definition) is 2. The number of rotatable bonds is 9. The van der Waals surface area contributed by atoms with E-state index < -0.39 is 0 Å². The van der Waals surface area contributed by atoms with E-state index in [4.69, 9.17) is 4.74 Å². The van der Waals surface area contributed by atoms with Crippen molar-refractivity contribution >= 4 is 17.2 Å². The number of amides is 1. The highest BCUT2D eigenvalue weighted by Crippen LogP contribution is 2.29. The second-order valence-electron chi connectivity index (χ2n) is 6.58. The van der Waals surface area contributed by atoms with Crippen LogP contribution in [0.1, 0.15) is 28.1 Å². The second kappa shape index (κ2) is 10.5. The predicted molar refractivity (Wildman–Crippen MR) is 116 cm³/mol. The van der Waals surface area contributed by atoms with Crippen molar-refractivity contribution in [2.45, 2.75) is 27.0 Å². The SMILES string of the molecule is CC(=O)NCCNCc1nc(COc2nccc(-c3ccccc3)c2C#N)sc1C. The molecule has 7 nitrogen and oxygen atoms in total. The van der Waals surface area contributed by atoms with Gasteiger partial charge in [0.25, 0.3) is 0 Å². The van der Waals surface area contributed by atoms with E-state index in [1.54, 1.807) is 17.5 Å². The Balaban J connectivity index is 1.64. The highest BCUT2D eigenvalue weighted by Gasteiger charge is 2.14. The van der Waals surface area contributed by atoms with Gasteiger partial charge >= 0.3 is 0 Å². The fraction of sp³-hybridized carbons (Fsp3) is 0.273. The van der Waals surface area contributed by atoms with Crippen molar-refractivity contribution in [3.63, 3.8) is 0 Å². The number of carbonyl (C=O) groups excluding carboxylic acids is 1. The van der Waals surface area contributed by atoms with E-state index in [0.29, 0.717) is 31.1 Å². The van der Waals surface area contributed by atoms with Crippen LogP contribution in [0.15, 0.2) is 42.6 Å². The van der Waals surface area contributed by atoms with Crippen molar-refractivity contribution in [1.29, 1.82) is 5.26 Å². The number of benzene rings is 1. The molecule has 0 atom stereocenters.